The summed E-state index contributed by atoms with van der Waals surface area (Å²) in [6, 6.07) is 0. The van der Waals surface area contributed by atoms with Gasteiger partial charge in [0.05, 0.1) is 0 Å². The third kappa shape index (κ3) is 36.1. The molecule has 0 N–H and O–H groups in total. The molecule has 0 saturated carbocycles. The smallest absolute Gasteiger partial charge is 0.306 e. The van der Waals surface area contributed by atoms with Crippen molar-refractivity contribution < 1.29 is 28.6 Å². The van der Waals surface area contributed by atoms with Crippen LogP contribution < -0.4 is 0 Å². The summed E-state index contributed by atoms with van der Waals surface area (Å²) in [7, 11) is 0. The highest BCUT2D eigenvalue weighted by Gasteiger charge is 2.19. The van der Waals surface area contributed by atoms with E-state index in [1.165, 1.54) is 19.3 Å². The predicted octanol–water partition coefficient (Wildman–Crippen LogP) is 12.4. The lowest BCUT2D eigenvalue weighted by Crippen LogP contribution is -2.30. The number of unbranched alkanes of at least 4 members (excludes halogenated alkanes) is 11. The second-order valence-corrected chi connectivity index (χ2v) is 12.8. The van der Waals surface area contributed by atoms with E-state index in [1.807, 2.05) is 0 Å². The number of hydrogen-bond acceptors (Lipinski definition) is 6. The highest BCUT2D eigenvalue weighted by Crippen LogP contribution is 2.11. The molecule has 0 rings (SSSR count). The molecular formula is C44H72O6. The minimum absolute atomic E-state index is 0.0984. The van der Waals surface area contributed by atoms with Crippen molar-refractivity contribution in [1.29, 1.82) is 0 Å². The molecule has 0 aromatic heterocycles. The Morgan fingerprint density at radius 2 is 0.780 bits per heavy atom. The Kier molecular flexibility index (Phi) is 36.2. The van der Waals surface area contributed by atoms with Crippen molar-refractivity contribution in [2.75, 3.05) is 13.2 Å². The monoisotopic (exact) mass is 697 g/mol. The van der Waals surface area contributed by atoms with Gasteiger partial charge in [0.2, 0.25) is 0 Å². The lowest BCUT2D eigenvalue weighted by Gasteiger charge is -2.18. The van der Waals surface area contributed by atoms with Crippen LogP contribution in [-0.2, 0) is 28.6 Å². The zero-order chi connectivity index (χ0) is 36.6. The molecule has 0 amide bonds. The van der Waals surface area contributed by atoms with E-state index in [0.29, 0.717) is 12.8 Å². The van der Waals surface area contributed by atoms with Gasteiger partial charge in [-0.05, 0) is 83.5 Å². The van der Waals surface area contributed by atoms with Crippen LogP contribution in [0.4, 0.5) is 0 Å². The van der Waals surface area contributed by atoms with Crippen LogP contribution in [-0.4, -0.2) is 37.2 Å². The van der Waals surface area contributed by atoms with Gasteiger partial charge in [-0.25, -0.2) is 0 Å². The molecule has 1 unspecified atom stereocenters. The first kappa shape index (κ1) is 46.9. The minimum Gasteiger partial charge on any atom is -0.462 e. The van der Waals surface area contributed by atoms with Crippen molar-refractivity contribution in [3.8, 4) is 0 Å². The molecule has 0 heterocycles. The van der Waals surface area contributed by atoms with Gasteiger partial charge in [-0.2, -0.15) is 0 Å². The van der Waals surface area contributed by atoms with Crippen molar-refractivity contribution in [2.24, 2.45) is 0 Å². The third-order valence-electron chi connectivity index (χ3n) is 7.96. The van der Waals surface area contributed by atoms with E-state index in [9.17, 15) is 14.4 Å². The van der Waals surface area contributed by atoms with E-state index >= 15 is 0 Å². The zero-order valence-corrected chi connectivity index (χ0v) is 32.1. The number of allylic oxidation sites excluding steroid dienone is 12. The van der Waals surface area contributed by atoms with E-state index in [4.69, 9.17) is 14.2 Å². The first-order chi connectivity index (χ1) is 24.5. The largest absolute Gasteiger partial charge is 0.462 e. The number of ether oxygens (including phenoxy) is 3. The Labute approximate surface area is 306 Å². The molecule has 0 fully saturated rings. The van der Waals surface area contributed by atoms with Crippen LogP contribution in [0.15, 0.2) is 72.9 Å². The Morgan fingerprint density at radius 1 is 0.420 bits per heavy atom. The molecule has 0 bridgehead atoms. The maximum absolute atomic E-state index is 12.6. The molecule has 0 aromatic carbocycles. The van der Waals surface area contributed by atoms with Crippen molar-refractivity contribution in [1.82, 2.24) is 0 Å². The van der Waals surface area contributed by atoms with Crippen LogP contribution in [0.1, 0.15) is 168 Å². The number of rotatable bonds is 34. The van der Waals surface area contributed by atoms with E-state index in [1.54, 1.807) is 0 Å². The quantitative estimate of drug-likeness (QED) is 0.0288. The van der Waals surface area contributed by atoms with Crippen LogP contribution in [0.5, 0.6) is 0 Å². The molecule has 1 atom stereocenters. The third-order valence-corrected chi connectivity index (χ3v) is 7.96. The van der Waals surface area contributed by atoms with E-state index in [-0.39, 0.29) is 37.5 Å². The number of esters is 3. The summed E-state index contributed by atoms with van der Waals surface area (Å²) in [5.41, 5.74) is 0. The SMILES string of the molecule is CC/C=C\C/C=C\C/C=C\CCCCCC(=O)OCC(COC(=O)CCCCCCCC)OC(=O)CCCCC/C=C\C/C=C\C/C=C\CC. The molecule has 6 heteroatoms. The van der Waals surface area contributed by atoms with Crippen LogP contribution in [0, 0.1) is 0 Å². The minimum atomic E-state index is -0.796. The van der Waals surface area contributed by atoms with E-state index in [0.717, 1.165) is 109 Å². The van der Waals surface area contributed by atoms with Gasteiger partial charge < -0.3 is 14.2 Å². The lowest BCUT2D eigenvalue weighted by atomic mass is 10.1. The first-order valence-corrected chi connectivity index (χ1v) is 19.9. The topological polar surface area (TPSA) is 78.9 Å². The van der Waals surface area contributed by atoms with Gasteiger partial charge in [0.25, 0.3) is 0 Å². The van der Waals surface area contributed by atoms with E-state index in [2.05, 4.69) is 93.7 Å². The fourth-order valence-electron chi connectivity index (χ4n) is 5.00. The molecule has 284 valence electrons. The van der Waals surface area contributed by atoms with Crippen LogP contribution in [0.2, 0.25) is 0 Å². The number of carbonyl (C=O) groups is 3. The summed E-state index contributed by atoms with van der Waals surface area (Å²) in [5, 5.41) is 0. The van der Waals surface area contributed by atoms with Crippen molar-refractivity contribution in [3.63, 3.8) is 0 Å². The summed E-state index contributed by atoms with van der Waals surface area (Å²) in [6.45, 7) is 6.25. The fraction of sp³-hybridized carbons (Fsp3) is 0.659. The van der Waals surface area contributed by atoms with E-state index < -0.39 is 6.10 Å². The standard InChI is InChI=1S/C44H72O6/c1-4-7-10-13-16-18-20-22-24-26-28-31-34-37-43(46)49-40-41(39-48-42(45)36-33-30-15-12-9-6-3)50-44(47)38-35-32-29-27-25-23-21-19-17-14-11-8-5-2/h7-8,10-11,16-19,22-25,41H,4-6,9,12-15,20-21,26-40H2,1-3H3/b10-7-,11-8-,18-16-,19-17-,24-22-,25-23-. The second-order valence-electron chi connectivity index (χ2n) is 12.8. The van der Waals surface area contributed by atoms with Gasteiger partial charge in [0, 0.05) is 19.3 Å². The second kappa shape index (κ2) is 38.6. The summed E-state index contributed by atoms with van der Waals surface area (Å²) in [5.74, 6) is -0.981. The molecule has 6 nitrogen and oxygen atoms in total. The molecule has 0 aromatic rings. The lowest BCUT2D eigenvalue weighted by molar-refractivity contribution is -0.167. The predicted molar refractivity (Wildman–Crippen MR) is 210 cm³/mol. The Balaban J connectivity index is 4.44. The molecule has 50 heavy (non-hydrogen) atoms. The number of hydrogen-bond donors (Lipinski definition) is 0. The summed E-state index contributed by atoms with van der Waals surface area (Å²) in [6.07, 6.45) is 46.2. The van der Waals surface area contributed by atoms with Crippen molar-refractivity contribution in [2.45, 2.75) is 175 Å². The van der Waals surface area contributed by atoms with Crippen LogP contribution >= 0.6 is 0 Å². The highest BCUT2D eigenvalue weighted by atomic mass is 16.6. The Hall–Kier alpha value is -3.15. The molecule has 0 aliphatic heterocycles. The molecular weight excluding hydrogens is 624 g/mol. The summed E-state index contributed by atoms with van der Waals surface area (Å²) in [4.78, 5) is 37.4. The molecule has 0 saturated heterocycles. The normalized spacial score (nSPS) is 12.8. The molecule has 0 aliphatic rings. The molecule has 0 radical (unpaired) electrons. The van der Waals surface area contributed by atoms with Crippen LogP contribution in [0.25, 0.3) is 0 Å². The average molecular weight is 697 g/mol. The van der Waals surface area contributed by atoms with Gasteiger partial charge in [0.15, 0.2) is 6.10 Å². The van der Waals surface area contributed by atoms with Gasteiger partial charge in [-0.1, -0.05) is 139 Å². The Morgan fingerprint density at radius 3 is 1.22 bits per heavy atom. The first-order valence-electron chi connectivity index (χ1n) is 19.9. The van der Waals surface area contributed by atoms with Crippen molar-refractivity contribution >= 4 is 17.9 Å². The molecule has 0 aliphatic carbocycles. The molecule has 0 spiro atoms. The maximum Gasteiger partial charge on any atom is 0.306 e. The fourth-order valence-corrected chi connectivity index (χ4v) is 5.00. The van der Waals surface area contributed by atoms with Gasteiger partial charge >= 0.3 is 17.9 Å². The van der Waals surface area contributed by atoms with Crippen molar-refractivity contribution in [3.05, 3.63) is 72.9 Å². The van der Waals surface area contributed by atoms with Gasteiger partial charge in [-0.15, -0.1) is 0 Å². The summed E-state index contributed by atoms with van der Waals surface area (Å²) < 4.78 is 16.5. The highest BCUT2D eigenvalue weighted by molar-refractivity contribution is 5.71. The van der Waals surface area contributed by atoms with Gasteiger partial charge in [-0.3, -0.25) is 14.4 Å². The van der Waals surface area contributed by atoms with Gasteiger partial charge in [0.1, 0.15) is 13.2 Å². The average Bonchev–Trinajstić information content (AvgIpc) is 3.11. The Bertz CT molecular complexity index is 986. The zero-order valence-electron chi connectivity index (χ0n) is 32.1. The number of carbonyl (C=O) groups excluding carboxylic acids is 3. The maximum atomic E-state index is 12.6. The van der Waals surface area contributed by atoms with Crippen LogP contribution in [0.3, 0.4) is 0 Å². The summed E-state index contributed by atoms with van der Waals surface area (Å²) >= 11 is 0.